The number of hydrogen-bond acceptors (Lipinski definition) is 3. The van der Waals surface area contributed by atoms with Gasteiger partial charge in [-0.25, -0.2) is 0 Å². The average molecular weight is 372 g/mol. The summed E-state index contributed by atoms with van der Waals surface area (Å²) in [7, 11) is -2.88. The van der Waals surface area contributed by atoms with Gasteiger partial charge in [-0.3, -0.25) is 0 Å². The van der Waals surface area contributed by atoms with Crippen LogP contribution in [0.2, 0.25) is 0 Å². The first-order valence-electron chi connectivity index (χ1n) is 9.63. The van der Waals surface area contributed by atoms with Gasteiger partial charge in [0.15, 0.2) is 0 Å². The van der Waals surface area contributed by atoms with Crippen molar-refractivity contribution in [2.75, 3.05) is 0 Å². The van der Waals surface area contributed by atoms with Crippen LogP contribution in [0.4, 0.5) is 0 Å². The monoisotopic (exact) mass is 372 g/mol. The van der Waals surface area contributed by atoms with E-state index in [1.165, 1.54) is 0 Å². The molecule has 0 aromatic heterocycles. The Labute approximate surface area is 156 Å². The minimum absolute atomic E-state index is 0.0987. The Morgan fingerprint density at radius 1 is 0.962 bits per heavy atom. The third-order valence-corrected chi connectivity index (χ3v) is 8.88. The van der Waals surface area contributed by atoms with Crippen LogP contribution in [0.3, 0.4) is 0 Å². The van der Waals surface area contributed by atoms with Gasteiger partial charge in [-0.1, -0.05) is 86.8 Å². The number of rotatable bonds is 9. The Kier molecular flexibility index (Phi) is 6.34. The Morgan fingerprint density at radius 3 is 1.92 bits per heavy atom. The molecule has 0 aliphatic carbocycles. The molecule has 4 atom stereocenters. The molecule has 0 spiro atoms. The van der Waals surface area contributed by atoms with Gasteiger partial charge in [-0.15, -0.1) is 0 Å². The zero-order valence-corrected chi connectivity index (χ0v) is 16.5. The quantitative estimate of drug-likeness (QED) is 0.410. The molecule has 1 heterocycles. The van der Waals surface area contributed by atoms with E-state index in [2.05, 4.69) is 6.92 Å². The van der Waals surface area contributed by atoms with E-state index in [1.807, 2.05) is 60.7 Å². The molecule has 1 aliphatic heterocycles. The second kappa shape index (κ2) is 8.52. The van der Waals surface area contributed by atoms with Gasteiger partial charge in [0.05, 0.1) is 12.2 Å². The molecule has 1 N–H and O–H groups in total. The maximum atomic E-state index is 14.6. The fourth-order valence-corrected chi connectivity index (χ4v) is 7.32. The van der Waals surface area contributed by atoms with Crippen molar-refractivity contribution in [3.8, 4) is 0 Å². The number of ether oxygens (including phenoxy) is 1. The number of aliphatic hydroxyl groups excluding tert-OH is 1. The molecule has 0 radical (unpaired) electrons. The molecule has 0 unspecified atom stereocenters. The van der Waals surface area contributed by atoms with Crippen molar-refractivity contribution in [2.45, 2.75) is 63.5 Å². The summed E-state index contributed by atoms with van der Waals surface area (Å²) in [5.74, 6) is 0. The van der Waals surface area contributed by atoms with Gasteiger partial charge in [0.25, 0.3) is 0 Å². The first-order valence-corrected chi connectivity index (χ1v) is 11.4. The summed E-state index contributed by atoms with van der Waals surface area (Å²) in [6.45, 7) is 3.93. The minimum atomic E-state index is -2.88. The molecule has 140 valence electrons. The fourth-order valence-electron chi connectivity index (χ4n) is 3.82. The van der Waals surface area contributed by atoms with E-state index in [0.29, 0.717) is 0 Å². The molecule has 0 bridgehead atoms. The molecule has 1 aliphatic rings. The second-order valence-corrected chi connectivity index (χ2v) is 10.2. The van der Waals surface area contributed by atoms with Crippen LogP contribution in [0.5, 0.6) is 0 Å². The number of epoxide rings is 1. The smallest absolute Gasteiger partial charge is 0.148 e. The predicted octanol–water partition coefficient (Wildman–Crippen LogP) is 4.10. The van der Waals surface area contributed by atoms with Crippen LogP contribution in [0.15, 0.2) is 60.7 Å². The van der Waals surface area contributed by atoms with E-state index < -0.39 is 13.2 Å². The molecule has 4 heteroatoms. The van der Waals surface area contributed by atoms with Gasteiger partial charge in [0.1, 0.15) is 13.2 Å². The van der Waals surface area contributed by atoms with Crippen molar-refractivity contribution < 1.29 is 14.4 Å². The van der Waals surface area contributed by atoms with Gasteiger partial charge >= 0.3 is 0 Å². The Hall–Kier alpha value is -1.41. The zero-order chi connectivity index (χ0) is 18.6. The molecule has 26 heavy (non-hydrogen) atoms. The summed E-state index contributed by atoms with van der Waals surface area (Å²) in [5.41, 5.74) is -0.0987. The highest BCUT2D eigenvalue weighted by molar-refractivity contribution is 7.79. The predicted molar refractivity (Wildman–Crippen MR) is 108 cm³/mol. The minimum Gasteiger partial charge on any atom is -0.391 e. The molecule has 1 saturated heterocycles. The van der Waals surface area contributed by atoms with Crippen LogP contribution in [0.1, 0.15) is 39.5 Å². The van der Waals surface area contributed by atoms with Crippen molar-refractivity contribution in [3.63, 3.8) is 0 Å². The summed E-state index contributed by atoms with van der Waals surface area (Å²) in [5, 5.41) is 11.7. The molecular formula is C22H29O3P. The zero-order valence-electron chi connectivity index (χ0n) is 15.6. The van der Waals surface area contributed by atoms with Crippen molar-refractivity contribution in [1.29, 1.82) is 0 Å². The summed E-state index contributed by atoms with van der Waals surface area (Å²) >= 11 is 0. The van der Waals surface area contributed by atoms with Crippen LogP contribution >= 0.6 is 7.14 Å². The van der Waals surface area contributed by atoms with Crippen LogP contribution in [-0.2, 0) is 9.30 Å². The van der Waals surface area contributed by atoms with Crippen LogP contribution < -0.4 is 10.6 Å². The van der Waals surface area contributed by atoms with Gasteiger partial charge in [0.2, 0.25) is 0 Å². The number of unbranched alkanes of at least 4 members (excludes halogenated alkanes) is 2. The van der Waals surface area contributed by atoms with Crippen LogP contribution in [0.25, 0.3) is 0 Å². The van der Waals surface area contributed by atoms with E-state index in [1.54, 1.807) is 6.92 Å². The van der Waals surface area contributed by atoms with E-state index in [9.17, 15) is 9.67 Å². The summed E-state index contributed by atoms with van der Waals surface area (Å²) in [6, 6.07) is 19.6. The highest BCUT2D eigenvalue weighted by atomic mass is 31.2. The molecule has 2 aromatic carbocycles. The van der Waals surface area contributed by atoms with Gasteiger partial charge in [-0.05, 0) is 13.3 Å². The third-order valence-electron chi connectivity index (χ3n) is 5.27. The first-order chi connectivity index (χ1) is 12.6. The second-order valence-electron chi connectivity index (χ2n) is 7.20. The van der Waals surface area contributed by atoms with Gasteiger partial charge in [0, 0.05) is 16.3 Å². The Morgan fingerprint density at radius 2 is 1.50 bits per heavy atom. The van der Waals surface area contributed by atoms with Crippen molar-refractivity contribution >= 4 is 17.8 Å². The molecule has 0 saturated carbocycles. The topological polar surface area (TPSA) is 49.8 Å². The maximum Gasteiger partial charge on any atom is 0.148 e. The van der Waals surface area contributed by atoms with Crippen molar-refractivity contribution in [1.82, 2.24) is 0 Å². The van der Waals surface area contributed by atoms with Gasteiger partial charge < -0.3 is 14.4 Å². The van der Waals surface area contributed by atoms with E-state index >= 15 is 0 Å². The highest BCUT2D eigenvalue weighted by Gasteiger charge is 2.54. The lowest BCUT2D eigenvalue weighted by atomic mass is 10.1. The summed E-state index contributed by atoms with van der Waals surface area (Å²) in [4.78, 5) is 0. The molecule has 2 aromatic rings. The summed E-state index contributed by atoms with van der Waals surface area (Å²) in [6.07, 6.45) is 3.24. The number of aliphatic hydroxyl groups is 1. The molecule has 3 nitrogen and oxygen atoms in total. The van der Waals surface area contributed by atoms with Crippen molar-refractivity contribution in [3.05, 3.63) is 60.7 Å². The fraction of sp³-hybridized carbons (Fsp3) is 0.455. The molecule has 1 fully saturated rings. The summed E-state index contributed by atoms with van der Waals surface area (Å²) < 4.78 is 20.4. The number of hydrogen-bond donors (Lipinski definition) is 1. The van der Waals surface area contributed by atoms with Crippen LogP contribution in [0, 0.1) is 0 Å². The lowest BCUT2D eigenvalue weighted by Gasteiger charge is -2.28. The maximum absolute atomic E-state index is 14.6. The van der Waals surface area contributed by atoms with E-state index in [-0.39, 0.29) is 17.9 Å². The highest BCUT2D eigenvalue weighted by Crippen LogP contribution is 2.56. The lowest BCUT2D eigenvalue weighted by Crippen LogP contribution is -2.32. The Bertz CT molecular complexity index is 686. The molecule has 3 rings (SSSR count). The van der Waals surface area contributed by atoms with E-state index in [4.69, 9.17) is 4.74 Å². The Balaban J connectivity index is 2.03. The standard InChI is InChI=1S/C22H29O3P/c1-3-4-7-16-20(22-21(25-22)17(2)23)26(24,18-12-8-5-9-13-18)19-14-10-6-11-15-19/h5-6,8-15,17,20-23H,3-4,7,16H2,1-2H3/t17-,20-,21-,22-/m0/s1. The first kappa shape index (κ1) is 19.4. The van der Waals surface area contributed by atoms with Gasteiger partial charge in [-0.2, -0.15) is 0 Å². The van der Waals surface area contributed by atoms with Crippen molar-refractivity contribution in [2.24, 2.45) is 0 Å². The lowest BCUT2D eigenvalue weighted by molar-refractivity contribution is 0.152. The van der Waals surface area contributed by atoms with E-state index in [0.717, 1.165) is 36.3 Å². The third kappa shape index (κ3) is 3.96. The average Bonchev–Trinajstić information content (AvgIpc) is 3.47. The largest absolute Gasteiger partial charge is 0.391 e. The normalized spacial score (nSPS) is 22.0. The molecular weight excluding hydrogens is 343 g/mol. The number of benzene rings is 2. The molecule has 0 amide bonds. The SMILES string of the molecule is CCCCC[C@@H]([C@@H]1O[C@H]1[C@H](C)O)P(=O)(c1ccccc1)c1ccccc1. The van der Waals surface area contributed by atoms with Crippen LogP contribution in [-0.4, -0.2) is 29.1 Å².